The second-order valence-electron chi connectivity index (χ2n) is 7.01. The topological polar surface area (TPSA) is 37.3 Å². The first kappa shape index (κ1) is 26.9. The summed E-state index contributed by atoms with van der Waals surface area (Å²) in [5.41, 5.74) is 3.43. The van der Waals surface area contributed by atoms with Crippen molar-refractivity contribution in [2.45, 2.75) is 39.5 Å². The standard InChI is InChI=1S/C17H16O2.C8H10Cl2.Rh/c1-12-3-7-14(8-4-12)16(18)11-17(19)15-9-5-13(2)6-10-15;9-7-3-1-2-4-8(10)6-5-7;/h3-11,18H,1-2H3;3-4H,1-2,5-6H2;/b16-11-;;. The van der Waals surface area contributed by atoms with Gasteiger partial charge >= 0.3 is 0 Å². The molecule has 0 amide bonds. The normalized spacial score (nSPS) is 15.8. The van der Waals surface area contributed by atoms with Gasteiger partial charge in [0.15, 0.2) is 5.78 Å². The minimum atomic E-state index is -0.196. The number of carbonyl (C=O) groups excluding carboxylic acids is 1. The van der Waals surface area contributed by atoms with Crippen LogP contribution < -0.4 is 0 Å². The van der Waals surface area contributed by atoms with Crippen LogP contribution in [0.15, 0.2) is 54.6 Å². The van der Waals surface area contributed by atoms with Gasteiger partial charge in [-0.3, -0.25) is 4.79 Å². The maximum Gasteiger partial charge on any atom is 0.189 e. The molecule has 161 valence electrons. The SMILES string of the molecule is Cc1ccc(C(=O)/C=C(\O)c2ccc(C)cc2)cc1.Cl[C]1[CH]CC[CH][C](Cl)CC1.[Rh]. The zero-order valence-corrected chi connectivity index (χ0v) is 20.3. The van der Waals surface area contributed by atoms with E-state index in [-0.39, 0.29) is 31.0 Å². The van der Waals surface area contributed by atoms with Gasteiger partial charge in [-0.05, 0) is 52.4 Å². The number of aliphatic hydroxyl groups is 1. The van der Waals surface area contributed by atoms with Gasteiger partial charge in [0.25, 0.3) is 0 Å². The molecular weight excluding hydrogens is 506 g/mol. The summed E-state index contributed by atoms with van der Waals surface area (Å²) in [4.78, 5) is 12.0. The van der Waals surface area contributed by atoms with E-state index in [1.807, 2.05) is 38.1 Å². The average Bonchev–Trinajstić information content (AvgIpc) is 2.70. The number of hydrogen-bond donors (Lipinski definition) is 1. The van der Waals surface area contributed by atoms with Crippen LogP contribution in [-0.2, 0) is 19.5 Å². The Morgan fingerprint density at radius 2 is 1.20 bits per heavy atom. The van der Waals surface area contributed by atoms with E-state index in [1.165, 1.54) is 6.08 Å². The number of carbonyl (C=O) groups is 1. The van der Waals surface area contributed by atoms with E-state index in [1.54, 1.807) is 24.3 Å². The number of allylic oxidation sites excluding steroid dienone is 1. The Kier molecular flexibility index (Phi) is 12.6. The fourth-order valence-corrected chi connectivity index (χ4v) is 3.06. The van der Waals surface area contributed by atoms with E-state index < -0.39 is 0 Å². The van der Waals surface area contributed by atoms with Crippen molar-refractivity contribution in [2.75, 3.05) is 0 Å². The van der Waals surface area contributed by atoms with E-state index in [0.717, 1.165) is 47.6 Å². The number of ketones is 1. The molecule has 5 radical (unpaired) electrons. The molecule has 1 fully saturated rings. The minimum Gasteiger partial charge on any atom is -0.507 e. The summed E-state index contributed by atoms with van der Waals surface area (Å²) in [6.07, 6.45) is 9.25. The molecule has 2 aromatic rings. The van der Waals surface area contributed by atoms with Crippen molar-refractivity contribution in [2.24, 2.45) is 0 Å². The fourth-order valence-electron chi connectivity index (χ4n) is 2.66. The molecule has 0 saturated heterocycles. The first-order chi connectivity index (χ1) is 13.8. The zero-order chi connectivity index (χ0) is 21.2. The second kappa shape index (κ2) is 14.0. The molecule has 0 aromatic heterocycles. The monoisotopic (exact) mass is 531 g/mol. The van der Waals surface area contributed by atoms with Crippen molar-refractivity contribution in [1.82, 2.24) is 0 Å². The molecule has 3 rings (SSSR count). The van der Waals surface area contributed by atoms with Crippen molar-refractivity contribution in [3.05, 3.63) is 100 Å². The molecule has 1 saturated carbocycles. The molecule has 5 heteroatoms. The molecule has 2 aromatic carbocycles. The Labute approximate surface area is 203 Å². The number of aryl methyl sites for hydroxylation is 2. The maximum atomic E-state index is 12.0. The molecule has 1 aliphatic rings. The Balaban J connectivity index is 0.000000348. The first-order valence-corrected chi connectivity index (χ1v) is 10.4. The molecule has 30 heavy (non-hydrogen) atoms. The molecule has 2 nitrogen and oxygen atoms in total. The van der Waals surface area contributed by atoms with Crippen LogP contribution in [0.1, 0.15) is 52.7 Å². The molecule has 1 N–H and O–H groups in total. The summed E-state index contributed by atoms with van der Waals surface area (Å²) in [5.74, 6) is -0.205. The maximum absolute atomic E-state index is 12.0. The van der Waals surface area contributed by atoms with Crippen molar-refractivity contribution in [1.29, 1.82) is 0 Å². The summed E-state index contributed by atoms with van der Waals surface area (Å²) in [7, 11) is 0. The second-order valence-corrected chi connectivity index (χ2v) is 7.98. The summed E-state index contributed by atoms with van der Waals surface area (Å²) < 4.78 is 0. The quantitative estimate of drug-likeness (QED) is 0.192. The van der Waals surface area contributed by atoms with E-state index in [0.29, 0.717) is 11.1 Å². The Bertz CT molecular complexity index is 789. The predicted molar refractivity (Wildman–Crippen MR) is 123 cm³/mol. The Morgan fingerprint density at radius 1 is 0.800 bits per heavy atom. The van der Waals surface area contributed by atoms with Gasteiger partial charge in [0.1, 0.15) is 5.76 Å². The van der Waals surface area contributed by atoms with Gasteiger partial charge in [-0.15, -0.1) is 23.2 Å². The van der Waals surface area contributed by atoms with Gasteiger partial charge in [-0.1, -0.05) is 59.7 Å². The predicted octanol–water partition coefficient (Wildman–Crippen LogP) is 7.59. The van der Waals surface area contributed by atoms with Crippen LogP contribution in [0.3, 0.4) is 0 Å². The average molecular weight is 532 g/mol. The zero-order valence-electron chi connectivity index (χ0n) is 17.1. The molecule has 0 bridgehead atoms. The van der Waals surface area contributed by atoms with Gasteiger partial charge in [0, 0.05) is 36.7 Å². The number of aliphatic hydroxyl groups excluding tert-OH is 1. The number of halogens is 2. The van der Waals surface area contributed by atoms with Crippen molar-refractivity contribution >= 4 is 34.7 Å². The molecule has 0 unspecified atom stereocenters. The van der Waals surface area contributed by atoms with Crippen LogP contribution in [0.5, 0.6) is 0 Å². The minimum absolute atomic E-state index is 0. The van der Waals surface area contributed by atoms with Crippen LogP contribution >= 0.6 is 23.2 Å². The molecule has 0 aliphatic heterocycles. The van der Waals surface area contributed by atoms with Gasteiger partial charge < -0.3 is 5.11 Å². The van der Waals surface area contributed by atoms with Crippen molar-refractivity contribution in [3.63, 3.8) is 0 Å². The van der Waals surface area contributed by atoms with Gasteiger partial charge in [-0.2, -0.15) is 0 Å². The third-order valence-electron chi connectivity index (χ3n) is 4.45. The van der Waals surface area contributed by atoms with Crippen LogP contribution in [0.25, 0.3) is 5.76 Å². The van der Waals surface area contributed by atoms with Crippen LogP contribution in [0, 0.1) is 37.4 Å². The van der Waals surface area contributed by atoms with Crippen molar-refractivity contribution in [3.8, 4) is 0 Å². The summed E-state index contributed by atoms with van der Waals surface area (Å²) in [6, 6.07) is 14.7. The largest absolute Gasteiger partial charge is 0.507 e. The molecule has 1 aliphatic carbocycles. The molecular formula is C25H26Cl2O2Rh. The van der Waals surface area contributed by atoms with Crippen LogP contribution in [-0.4, -0.2) is 10.9 Å². The first-order valence-electron chi connectivity index (χ1n) is 9.63. The fraction of sp³-hybridized carbons (Fsp3) is 0.240. The summed E-state index contributed by atoms with van der Waals surface area (Å²) in [5, 5.41) is 11.8. The molecule has 0 heterocycles. The van der Waals surface area contributed by atoms with E-state index >= 15 is 0 Å². The molecule has 0 spiro atoms. The van der Waals surface area contributed by atoms with Crippen LogP contribution in [0.2, 0.25) is 0 Å². The number of hydrogen-bond acceptors (Lipinski definition) is 2. The Morgan fingerprint density at radius 3 is 1.63 bits per heavy atom. The Hall–Kier alpha value is -1.15. The van der Waals surface area contributed by atoms with Gasteiger partial charge in [0.05, 0.1) is 10.8 Å². The van der Waals surface area contributed by atoms with E-state index in [9.17, 15) is 9.90 Å². The van der Waals surface area contributed by atoms with E-state index in [4.69, 9.17) is 23.2 Å². The third-order valence-corrected chi connectivity index (χ3v) is 5.14. The van der Waals surface area contributed by atoms with Gasteiger partial charge in [0.2, 0.25) is 0 Å². The van der Waals surface area contributed by atoms with Crippen LogP contribution in [0.4, 0.5) is 0 Å². The third kappa shape index (κ3) is 9.77. The summed E-state index contributed by atoms with van der Waals surface area (Å²) in [6.45, 7) is 3.94. The smallest absolute Gasteiger partial charge is 0.189 e. The van der Waals surface area contributed by atoms with E-state index in [2.05, 4.69) is 12.8 Å². The summed E-state index contributed by atoms with van der Waals surface area (Å²) >= 11 is 11.7. The van der Waals surface area contributed by atoms with Crippen molar-refractivity contribution < 1.29 is 29.4 Å². The number of benzene rings is 2. The number of rotatable bonds is 3. The van der Waals surface area contributed by atoms with Gasteiger partial charge in [-0.25, -0.2) is 0 Å². The molecule has 0 atom stereocenters.